The zero-order valence-electron chi connectivity index (χ0n) is 8.61. The minimum atomic E-state index is -0.395. The summed E-state index contributed by atoms with van der Waals surface area (Å²) >= 11 is 7.35. The number of carbonyl (C=O) groups excluding carboxylic acids is 1. The second kappa shape index (κ2) is 4.01. The van der Waals surface area contributed by atoms with E-state index in [2.05, 4.69) is 15.6 Å². The first-order chi connectivity index (χ1) is 8.24. The molecule has 17 heavy (non-hydrogen) atoms. The molecule has 3 heterocycles. The van der Waals surface area contributed by atoms with E-state index in [0.717, 1.165) is 4.88 Å². The summed E-state index contributed by atoms with van der Waals surface area (Å²) in [6.07, 6.45) is 0. The minimum Gasteiger partial charge on any atom is -0.352 e. The number of nitrogens with zero attached hydrogens (tertiary/aromatic N) is 1. The number of pyridine rings is 1. The molecule has 2 aromatic heterocycles. The summed E-state index contributed by atoms with van der Waals surface area (Å²) in [5.74, 6) is 0.527. The van der Waals surface area contributed by atoms with Crippen molar-refractivity contribution in [2.75, 3.05) is 10.6 Å². The number of nitrogens with one attached hydrogen (secondary N) is 2. The van der Waals surface area contributed by atoms with Crippen LogP contribution >= 0.6 is 22.9 Å². The molecule has 1 aliphatic rings. The third-order valence-electron chi connectivity index (χ3n) is 2.49. The fourth-order valence-electron chi connectivity index (χ4n) is 1.71. The number of halogens is 1. The molecule has 0 fully saturated rings. The van der Waals surface area contributed by atoms with Gasteiger partial charge in [-0.2, -0.15) is 0 Å². The molecule has 1 amide bonds. The molecule has 86 valence electrons. The molecule has 0 spiro atoms. The zero-order valence-corrected chi connectivity index (χ0v) is 10.2. The number of hydrogen-bond acceptors (Lipinski definition) is 4. The van der Waals surface area contributed by atoms with Gasteiger partial charge >= 0.3 is 0 Å². The van der Waals surface area contributed by atoms with Crippen molar-refractivity contribution in [2.24, 2.45) is 0 Å². The van der Waals surface area contributed by atoms with E-state index in [-0.39, 0.29) is 5.91 Å². The molecule has 4 nitrogen and oxygen atoms in total. The highest BCUT2D eigenvalue weighted by atomic mass is 35.5. The number of rotatable bonds is 1. The van der Waals surface area contributed by atoms with Crippen molar-refractivity contribution in [1.29, 1.82) is 0 Å². The monoisotopic (exact) mass is 265 g/mol. The Balaban J connectivity index is 1.99. The highest BCUT2D eigenvalue weighted by Crippen LogP contribution is 2.33. The van der Waals surface area contributed by atoms with E-state index in [0.29, 0.717) is 16.7 Å². The van der Waals surface area contributed by atoms with Gasteiger partial charge in [0.25, 0.3) is 5.91 Å². The molecular formula is C11H8ClN3OS. The van der Waals surface area contributed by atoms with Crippen LogP contribution in [0.2, 0.25) is 5.15 Å². The van der Waals surface area contributed by atoms with Crippen LogP contribution in [0.3, 0.4) is 0 Å². The van der Waals surface area contributed by atoms with Gasteiger partial charge in [-0.25, -0.2) is 4.98 Å². The van der Waals surface area contributed by atoms with Gasteiger partial charge < -0.3 is 10.6 Å². The Kier molecular flexibility index (Phi) is 2.49. The first-order valence-corrected chi connectivity index (χ1v) is 6.27. The lowest BCUT2D eigenvalue weighted by molar-refractivity contribution is -0.117. The summed E-state index contributed by atoms with van der Waals surface area (Å²) in [6.45, 7) is 0. The van der Waals surface area contributed by atoms with Gasteiger partial charge in [0.05, 0.1) is 5.69 Å². The normalized spacial score (nSPS) is 18.2. The van der Waals surface area contributed by atoms with Crippen molar-refractivity contribution in [1.82, 2.24) is 4.98 Å². The average Bonchev–Trinajstić information content (AvgIpc) is 2.82. The van der Waals surface area contributed by atoms with Crippen LogP contribution in [-0.4, -0.2) is 10.9 Å². The Morgan fingerprint density at radius 2 is 2.24 bits per heavy atom. The van der Waals surface area contributed by atoms with Crippen LogP contribution in [0.1, 0.15) is 10.9 Å². The molecule has 0 aliphatic carbocycles. The van der Waals surface area contributed by atoms with Crippen molar-refractivity contribution in [2.45, 2.75) is 6.04 Å². The summed E-state index contributed by atoms with van der Waals surface area (Å²) in [5.41, 5.74) is 0.659. The van der Waals surface area contributed by atoms with Crippen LogP contribution in [-0.2, 0) is 4.79 Å². The van der Waals surface area contributed by atoms with E-state index < -0.39 is 6.04 Å². The highest BCUT2D eigenvalue weighted by Gasteiger charge is 2.28. The Morgan fingerprint density at radius 1 is 1.35 bits per heavy atom. The summed E-state index contributed by atoms with van der Waals surface area (Å²) in [5, 5.41) is 8.24. The maximum atomic E-state index is 11.9. The lowest BCUT2D eigenvalue weighted by atomic mass is 10.1. The fourth-order valence-corrected chi connectivity index (χ4v) is 2.63. The Bertz CT molecular complexity index is 570. The predicted molar refractivity (Wildman–Crippen MR) is 68.6 cm³/mol. The van der Waals surface area contributed by atoms with Gasteiger partial charge in [0.15, 0.2) is 5.82 Å². The molecular weight excluding hydrogens is 258 g/mol. The smallest absolute Gasteiger partial charge is 0.252 e. The molecule has 0 aromatic carbocycles. The first kappa shape index (κ1) is 10.6. The number of fused-ring (bicyclic) bond motifs is 1. The summed E-state index contributed by atoms with van der Waals surface area (Å²) in [4.78, 5) is 17.0. The first-order valence-electron chi connectivity index (χ1n) is 5.01. The van der Waals surface area contributed by atoms with Crippen molar-refractivity contribution in [3.05, 3.63) is 39.7 Å². The predicted octanol–water partition coefficient (Wildman–Crippen LogP) is 2.90. The summed E-state index contributed by atoms with van der Waals surface area (Å²) in [7, 11) is 0. The third kappa shape index (κ3) is 1.87. The number of aromatic nitrogens is 1. The molecule has 1 aliphatic heterocycles. The van der Waals surface area contributed by atoms with E-state index in [1.807, 2.05) is 17.5 Å². The highest BCUT2D eigenvalue weighted by molar-refractivity contribution is 7.10. The van der Waals surface area contributed by atoms with Crippen molar-refractivity contribution < 1.29 is 4.79 Å². The van der Waals surface area contributed by atoms with Crippen LogP contribution < -0.4 is 10.6 Å². The van der Waals surface area contributed by atoms with Crippen LogP contribution in [0.5, 0.6) is 0 Å². The summed E-state index contributed by atoms with van der Waals surface area (Å²) < 4.78 is 0. The van der Waals surface area contributed by atoms with Gasteiger partial charge in [0.2, 0.25) is 0 Å². The van der Waals surface area contributed by atoms with Gasteiger partial charge in [-0.15, -0.1) is 11.3 Å². The second-order valence-corrected chi connectivity index (χ2v) is 4.98. The van der Waals surface area contributed by atoms with Gasteiger partial charge in [0, 0.05) is 4.88 Å². The van der Waals surface area contributed by atoms with E-state index in [9.17, 15) is 4.79 Å². The maximum Gasteiger partial charge on any atom is 0.252 e. The van der Waals surface area contributed by atoms with E-state index in [4.69, 9.17) is 11.6 Å². The quantitative estimate of drug-likeness (QED) is 0.780. The van der Waals surface area contributed by atoms with Crippen molar-refractivity contribution in [3.63, 3.8) is 0 Å². The Hall–Kier alpha value is -1.59. The number of anilines is 2. The number of thiophene rings is 1. The van der Waals surface area contributed by atoms with E-state index >= 15 is 0 Å². The van der Waals surface area contributed by atoms with Gasteiger partial charge in [-0.3, -0.25) is 4.79 Å². The molecule has 0 saturated heterocycles. The molecule has 3 rings (SSSR count). The van der Waals surface area contributed by atoms with Crippen LogP contribution in [0.4, 0.5) is 11.5 Å². The molecule has 0 bridgehead atoms. The van der Waals surface area contributed by atoms with Crippen LogP contribution in [0, 0.1) is 0 Å². The van der Waals surface area contributed by atoms with E-state index in [1.165, 1.54) is 11.3 Å². The molecule has 0 saturated carbocycles. The standard InChI is InChI=1S/C11H8ClN3OS/c12-8-4-3-6-10(14-8)15-9(11(16)13-6)7-2-1-5-17-7/h1-5,9H,(H,13,16)(H,14,15). The summed E-state index contributed by atoms with van der Waals surface area (Å²) in [6, 6.07) is 6.81. The van der Waals surface area contributed by atoms with Crippen LogP contribution in [0.15, 0.2) is 29.6 Å². The molecule has 1 unspecified atom stereocenters. The Morgan fingerprint density at radius 3 is 3.00 bits per heavy atom. The Labute approximate surface area is 107 Å². The third-order valence-corrected chi connectivity index (χ3v) is 3.64. The molecule has 1 atom stereocenters. The molecule has 2 N–H and O–H groups in total. The van der Waals surface area contributed by atoms with Gasteiger partial charge in [-0.05, 0) is 23.6 Å². The topological polar surface area (TPSA) is 54.0 Å². The number of amides is 1. The lowest BCUT2D eigenvalue weighted by Crippen LogP contribution is -2.31. The number of hydrogen-bond donors (Lipinski definition) is 2. The zero-order chi connectivity index (χ0) is 11.8. The average molecular weight is 266 g/mol. The van der Waals surface area contributed by atoms with Gasteiger partial charge in [0.1, 0.15) is 11.2 Å². The number of carbonyl (C=O) groups is 1. The molecule has 0 radical (unpaired) electrons. The maximum absolute atomic E-state index is 11.9. The van der Waals surface area contributed by atoms with Crippen LogP contribution in [0.25, 0.3) is 0 Å². The lowest BCUT2D eigenvalue weighted by Gasteiger charge is -2.25. The van der Waals surface area contributed by atoms with Crippen molar-refractivity contribution >= 4 is 40.4 Å². The van der Waals surface area contributed by atoms with E-state index in [1.54, 1.807) is 12.1 Å². The fraction of sp³-hybridized carbons (Fsp3) is 0.0909. The molecule has 6 heteroatoms. The van der Waals surface area contributed by atoms with Gasteiger partial charge in [-0.1, -0.05) is 17.7 Å². The minimum absolute atomic E-state index is 0.0796. The second-order valence-electron chi connectivity index (χ2n) is 3.61. The van der Waals surface area contributed by atoms with Crippen molar-refractivity contribution in [3.8, 4) is 0 Å². The largest absolute Gasteiger partial charge is 0.352 e. The SMILES string of the molecule is O=C1Nc2ccc(Cl)nc2NC1c1cccs1. The molecule has 2 aromatic rings.